The van der Waals surface area contributed by atoms with Gasteiger partial charge in [0.25, 0.3) is 0 Å². The number of thiophene rings is 1. The zero-order valence-corrected chi connectivity index (χ0v) is 30.6. The normalized spacial score (nSPS) is 11.6. The van der Waals surface area contributed by atoms with E-state index in [2.05, 4.69) is 193 Å². The molecular weight excluding hydrogens is 687 g/mol. The van der Waals surface area contributed by atoms with Crippen molar-refractivity contribution < 1.29 is 4.42 Å². The topological polar surface area (TPSA) is 16.4 Å². The highest BCUT2D eigenvalue weighted by Crippen LogP contribution is 2.41. The molecule has 0 unspecified atom stereocenters. The van der Waals surface area contributed by atoms with Crippen molar-refractivity contribution in [2.75, 3.05) is 4.90 Å². The molecule has 0 aliphatic heterocycles. The molecular formula is C52H33NOS. The van der Waals surface area contributed by atoms with Crippen LogP contribution >= 0.6 is 11.3 Å². The first-order valence-corrected chi connectivity index (χ1v) is 19.5. The summed E-state index contributed by atoms with van der Waals surface area (Å²) in [7, 11) is 0. The van der Waals surface area contributed by atoms with Crippen molar-refractivity contribution in [2.24, 2.45) is 0 Å². The molecule has 11 rings (SSSR count). The van der Waals surface area contributed by atoms with Gasteiger partial charge in [-0.1, -0.05) is 133 Å². The third kappa shape index (κ3) is 5.48. The first kappa shape index (κ1) is 31.6. The van der Waals surface area contributed by atoms with Crippen LogP contribution in [0.1, 0.15) is 0 Å². The van der Waals surface area contributed by atoms with Gasteiger partial charge in [-0.15, -0.1) is 11.3 Å². The molecule has 2 aromatic heterocycles. The highest BCUT2D eigenvalue weighted by atomic mass is 32.1. The predicted octanol–water partition coefficient (Wildman–Crippen LogP) is 15.6. The largest absolute Gasteiger partial charge is 0.456 e. The van der Waals surface area contributed by atoms with Crippen molar-refractivity contribution in [3.63, 3.8) is 0 Å². The highest BCUT2D eigenvalue weighted by molar-refractivity contribution is 7.25. The minimum absolute atomic E-state index is 0.887. The molecule has 2 nitrogen and oxygen atoms in total. The Bertz CT molecular complexity index is 3200. The van der Waals surface area contributed by atoms with E-state index in [1.165, 1.54) is 64.3 Å². The van der Waals surface area contributed by atoms with E-state index in [9.17, 15) is 0 Å². The fourth-order valence-electron chi connectivity index (χ4n) is 8.16. The van der Waals surface area contributed by atoms with Crippen LogP contribution in [0.15, 0.2) is 205 Å². The Kier molecular flexibility index (Phi) is 7.39. The second-order valence-corrected chi connectivity index (χ2v) is 15.2. The van der Waals surface area contributed by atoms with Gasteiger partial charge in [0.15, 0.2) is 0 Å². The van der Waals surface area contributed by atoms with Gasteiger partial charge in [-0.25, -0.2) is 0 Å². The zero-order valence-electron chi connectivity index (χ0n) is 29.8. The molecule has 0 spiro atoms. The van der Waals surface area contributed by atoms with Crippen molar-refractivity contribution >= 4 is 81.3 Å². The maximum Gasteiger partial charge on any atom is 0.135 e. The summed E-state index contributed by atoms with van der Waals surface area (Å²) in [6.07, 6.45) is 0. The van der Waals surface area contributed by atoms with Gasteiger partial charge < -0.3 is 9.32 Å². The van der Waals surface area contributed by atoms with E-state index in [4.69, 9.17) is 4.42 Å². The van der Waals surface area contributed by atoms with Crippen LogP contribution in [0.5, 0.6) is 0 Å². The molecule has 2 heterocycles. The fraction of sp³-hybridized carbons (Fsp3) is 0. The molecule has 0 fully saturated rings. The monoisotopic (exact) mass is 719 g/mol. The average Bonchev–Trinajstić information content (AvgIpc) is 3.82. The number of para-hydroxylation sites is 1. The second-order valence-electron chi connectivity index (χ2n) is 14.1. The SMILES string of the molecule is c1cc(-c2ccc(N(c3ccc(-c4ccc5c(c4)sc4ccccc45)cc3)c3ccc4oc5ccccc5c4c3)cc2)cc(-c2cccc3ccccc23)c1. The van der Waals surface area contributed by atoms with Crippen LogP contribution in [0, 0.1) is 0 Å². The molecule has 0 saturated carbocycles. The van der Waals surface area contributed by atoms with Crippen molar-refractivity contribution in [1.82, 2.24) is 0 Å². The summed E-state index contributed by atoms with van der Waals surface area (Å²) in [6.45, 7) is 0. The van der Waals surface area contributed by atoms with Crippen LogP contribution < -0.4 is 4.90 Å². The quantitative estimate of drug-likeness (QED) is 0.170. The van der Waals surface area contributed by atoms with Crippen LogP contribution in [0.3, 0.4) is 0 Å². The van der Waals surface area contributed by atoms with Crippen LogP contribution in [0.2, 0.25) is 0 Å². The molecule has 11 aromatic rings. The van der Waals surface area contributed by atoms with E-state index < -0.39 is 0 Å². The first-order chi connectivity index (χ1) is 27.2. The van der Waals surface area contributed by atoms with Crippen LogP contribution in [-0.4, -0.2) is 0 Å². The smallest absolute Gasteiger partial charge is 0.135 e. The van der Waals surface area contributed by atoms with Gasteiger partial charge in [-0.2, -0.15) is 0 Å². The number of nitrogens with zero attached hydrogens (tertiary/aromatic N) is 1. The summed E-state index contributed by atoms with van der Waals surface area (Å²) in [5, 5.41) is 7.38. The predicted molar refractivity (Wildman–Crippen MR) is 235 cm³/mol. The number of hydrogen-bond acceptors (Lipinski definition) is 3. The molecule has 55 heavy (non-hydrogen) atoms. The molecule has 3 heteroatoms. The van der Waals surface area contributed by atoms with Crippen molar-refractivity contribution in [3.8, 4) is 33.4 Å². The Morgan fingerprint density at radius 1 is 0.327 bits per heavy atom. The van der Waals surface area contributed by atoms with Crippen molar-refractivity contribution in [1.29, 1.82) is 0 Å². The third-order valence-electron chi connectivity index (χ3n) is 10.9. The number of furan rings is 1. The van der Waals surface area contributed by atoms with Gasteiger partial charge in [-0.05, 0) is 111 Å². The number of anilines is 3. The first-order valence-electron chi connectivity index (χ1n) is 18.7. The lowest BCUT2D eigenvalue weighted by molar-refractivity contribution is 0.669. The lowest BCUT2D eigenvalue weighted by atomic mass is 9.95. The van der Waals surface area contributed by atoms with Crippen LogP contribution in [0.25, 0.3) is 86.3 Å². The molecule has 0 radical (unpaired) electrons. The maximum atomic E-state index is 6.23. The number of benzene rings is 9. The van der Waals surface area contributed by atoms with Crippen molar-refractivity contribution in [2.45, 2.75) is 0 Å². The molecule has 258 valence electrons. The number of hydrogen-bond donors (Lipinski definition) is 0. The lowest BCUT2D eigenvalue weighted by Crippen LogP contribution is -2.09. The van der Waals surface area contributed by atoms with Gasteiger partial charge in [0, 0.05) is 48.0 Å². The van der Waals surface area contributed by atoms with E-state index in [0.717, 1.165) is 39.0 Å². The highest BCUT2D eigenvalue weighted by Gasteiger charge is 2.17. The molecule has 0 aliphatic rings. The Labute approximate surface area is 322 Å². The van der Waals surface area contributed by atoms with Crippen molar-refractivity contribution in [3.05, 3.63) is 200 Å². The second kappa shape index (κ2) is 12.9. The van der Waals surface area contributed by atoms with Gasteiger partial charge in [0.2, 0.25) is 0 Å². The minimum atomic E-state index is 0.887. The summed E-state index contributed by atoms with van der Waals surface area (Å²) in [5.74, 6) is 0. The van der Waals surface area contributed by atoms with Gasteiger partial charge in [0.1, 0.15) is 11.2 Å². The van der Waals surface area contributed by atoms with E-state index >= 15 is 0 Å². The molecule has 0 aliphatic carbocycles. The average molecular weight is 720 g/mol. The molecule has 0 N–H and O–H groups in total. The summed E-state index contributed by atoms with van der Waals surface area (Å²) >= 11 is 1.86. The summed E-state index contributed by atoms with van der Waals surface area (Å²) in [6, 6.07) is 72.3. The van der Waals surface area contributed by atoms with E-state index in [1.807, 2.05) is 23.5 Å². The zero-order chi connectivity index (χ0) is 36.3. The summed E-state index contributed by atoms with van der Waals surface area (Å²) < 4.78 is 8.86. The third-order valence-corrected chi connectivity index (χ3v) is 12.0. The van der Waals surface area contributed by atoms with E-state index in [-0.39, 0.29) is 0 Å². The van der Waals surface area contributed by atoms with E-state index in [0.29, 0.717) is 0 Å². The Morgan fingerprint density at radius 2 is 0.909 bits per heavy atom. The van der Waals surface area contributed by atoms with Gasteiger partial charge in [0.05, 0.1) is 0 Å². The van der Waals surface area contributed by atoms with Crippen LogP contribution in [0.4, 0.5) is 17.1 Å². The molecule has 9 aromatic carbocycles. The van der Waals surface area contributed by atoms with Gasteiger partial charge >= 0.3 is 0 Å². The molecule has 0 bridgehead atoms. The van der Waals surface area contributed by atoms with E-state index in [1.54, 1.807) is 0 Å². The number of rotatable bonds is 6. The van der Waals surface area contributed by atoms with Gasteiger partial charge in [-0.3, -0.25) is 0 Å². The Hall–Kier alpha value is -6.94. The molecule has 0 saturated heterocycles. The summed E-state index contributed by atoms with van der Waals surface area (Å²) in [4.78, 5) is 2.34. The Balaban J connectivity index is 0.985. The number of fused-ring (bicyclic) bond motifs is 7. The standard InChI is InChI=1S/C52H33NOS/c1-2-13-43-36(9-1)10-8-16-44(43)39-12-7-11-37(31-39)34-19-24-40(25-20-34)53(42-28-30-50-48(33-42)45-14-3-5-17-49(45)54-50)41-26-21-35(22-27-41)38-23-29-47-46-15-4-6-18-51(46)55-52(47)32-38/h1-33H. The molecule has 0 amide bonds. The molecule has 0 atom stereocenters. The maximum absolute atomic E-state index is 6.23. The fourth-order valence-corrected chi connectivity index (χ4v) is 9.30. The lowest BCUT2D eigenvalue weighted by Gasteiger charge is -2.26. The minimum Gasteiger partial charge on any atom is -0.456 e. The summed E-state index contributed by atoms with van der Waals surface area (Å²) in [5.41, 5.74) is 12.3. The van der Waals surface area contributed by atoms with Crippen LogP contribution in [-0.2, 0) is 0 Å². The Morgan fingerprint density at radius 3 is 1.73 bits per heavy atom.